The molecule has 1 aliphatic carbocycles. The molecule has 0 aliphatic heterocycles. The van der Waals surface area contributed by atoms with Gasteiger partial charge in [-0.15, -0.1) is 0 Å². The molecule has 0 saturated heterocycles. The zero-order valence-electron chi connectivity index (χ0n) is 21.4. The summed E-state index contributed by atoms with van der Waals surface area (Å²) in [6.07, 6.45) is 23.1. The molecule has 1 unspecified atom stereocenters. The molecule has 0 heterocycles. The largest absolute Gasteiger partial charge is 0.508 e. The van der Waals surface area contributed by atoms with Crippen molar-refractivity contribution in [3.63, 3.8) is 0 Å². The molecule has 0 saturated carbocycles. The number of rotatable bonds is 7. The second-order valence-electron chi connectivity index (χ2n) is 8.84. The predicted octanol–water partition coefficient (Wildman–Crippen LogP) is 9.23. The highest BCUT2D eigenvalue weighted by molar-refractivity contribution is 5.54. The summed E-state index contributed by atoms with van der Waals surface area (Å²) in [7, 11) is 0. The molecule has 2 heteroatoms. The highest BCUT2D eigenvalue weighted by Crippen LogP contribution is 2.43. The Labute approximate surface area is 192 Å². The summed E-state index contributed by atoms with van der Waals surface area (Å²) in [6.45, 7) is 19.3. The normalized spacial score (nSPS) is 20.9. The Bertz CT molecular complexity index is 770. The molecule has 0 aromatic carbocycles. The first-order chi connectivity index (χ1) is 14.6. The van der Waals surface area contributed by atoms with Crippen molar-refractivity contribution in [2.75, 3.05) is 0 Å². The summed E-state index contributed by atoms with van der Waals surface area (Å²) < 4.78 is 0. The van der Waals surface area contributed by atoms with Crippen LogP contribution in [0, 0.1) is 11.3 Å². The molecule has 1 N–H and O–H groups in total. The van der Waals surface area contributed by atoms with E-state index in [1.807, 2.05) is 52.0 Å². The lowest BCUT2D eigenvalue weighted by molar-refractivity contribution is 0.339. The van der Waals surface area contributed by atoms with Crippen molar-refractivity contribution >= 4 is 6.21 Å². The summed E-state index contributed by atoms with van der Waals surface area (Å²) >= 11 is 0. The van der Waals surface area contributed by atoms with Gasteiger partial charge in [-0.05, 0) is 88.5 Å². The van der Waals surface area contributed by atoms with Crippen LogP contribution in [0.5, 0.6) is 0 Å². The van der Waals surface area contributed by atoms with Gasteiger partial charge in [-0.1, -0.05) is 75.3 Å². The molecule has 172 valence electrons. The highest BCUT2D eigenvalue weighted by atomic mass is 16.3. The molecular formula is C29H45NO. The Morgan fingerprint density at radius 2 is 1.84 bits per heavy atom. The zero-order valence-corrected chi connectivity index (χ0v) is 21.4. The van der Waals surface area contributed by atoms with Crippen molar-refractivity contribution in [3.8, 4) is 0 Å². The van der Waals surface area contributed by atoms with Gasteiger partial charge in [0.05, 0.1) is 0 Å². The minimum Gasteiger partial charge on any atom is -0.508 e. The third-order valence-corrected chi connectivity index (χ3v) is 5.50. The first-order valence-electron chi connectivity index (χ1n) is 11.5. The third-order valence-electron chi connectivity index (χ3n) is 5.50. The van der Waals surface area contributed by atoms with E-state index >= 15 is 0 Å². The van der Waals surface area contributed by atoms with Gasteiger partial charge in [0.1, 0.15) is 5.76 Å². The lowest BCUT2D eigenvalue weighted by Crippen LogP contribution is -2.23. The van der Waals surface area contributed by atoms with Gasteiger partial charge < -0.3 is 5.11 Å². The third kappa shape index (κ3) is 12.2. The van der Waals surface area contributed by atoms with Crippen molar-refractivity contribution in [1.29, 1.82) is 0 Å². The van der Waals surface area contributed by atoms with E-state index in [0.717, 1.165) is 12.0 Å². The summed E-state index contributed by atoms with van der Waals surface area (Å²) in [6, 6.07) is 0. The molecule has 0 radical (unpaired) electrons. The molecule has 0 bridgehead atoms. The van der Waals surface area contributed by atoms with E-state index in [2.05, 4.69) is 57.8 Å². The Kier molecular flexibility index (Phi) is 14.3. The number of aliphatic hydroxyl groups excluding tert-OH is 1. The van der Waals surface area contributed by atoms with E-state index in [9.17, 15) is 5.11 Å². The van der Waals surface area contributed by atoms with E-state index in [0.29, 0.717) is 11.7 Å². The van der Waals surface area contributed by atoms with Gasteiger partial charge in [-0.3, -0.25) is 4.99 Å². The minimum absolute atomic E-state index is 0.270. The maximum absolute atomic E-state index is 9.67. The second kappa shape index (κ2) is 15.5. The first-order valence-corrected chi connectivity index (χ1v) is 11.5. The fourth-order valence-electron chi connectivity index (χ4n) is 3.43. The second-order valence-corrected chi connectivity index (χ2v) is 8.84. The van der Waals surface area contributed by atoms with Crippen LogP contribution < -0.4 is 0 Å². The number of hydrogen-bond acceptors (Lipinski definition) is 2. The van der Waals surface area contributed by atoms with E-state index in [4.69, 9.17) is 0 Å². The van der Waals surface area contributed by atoms with Crippen LogP contribution >= 0.6 is 0 Å². The van der Waals surface area contributed by atoms with Crippen LogP contribution in [-0.4, -0.2) is 11.3 Å². The fraction of sp³-hybridized carbons (Fsp3) is 0.483. The van der Waals surface area contributed by atoms with Gasteiger partial charge in [0.2, 0.25) is 0 Å². The fourth-order valence-corrected chi connectivity index (χ4v) is 3.43. The molecule has 0 aromatic rings. The molecule has 2 nitrogen and oxygen atoms in total. The quantitative estimate of drug-likeness (QED) is 0.247. The number of aliphatic imine (C=N–C) groups is 1. The van der Waals surface area contributed by atoms with Gasteiger partial charge in [-0.2, -0.15) is 0 Å². The molecule has 0 fully saturated rings. The summed E-state index contributed by atoms with van der Waals surface area (Å²) in [5.41, 5.74) is 5.57. The number of allylic oxidation sites excluding steroid dienone is 12. The molecule has 0 aromatic heterocycles. The van der Waals surface area contributed by atoms with E-state index in [1.165, 1.54) is 29.6 Å². The van der Waals surface area contributed by atoms with Crippen LogP contribution in [0.15, 0.2) is 87.9 Å². The number of nitrogens with zero attached hydrogens (tertiary/aromatic N) is 1. The molecule has 1 aliphatic rings. The topological polar surface area (TPSA) is 32.6 Å². The average molecular weight is 424 g/mol. The molecule has 1 rings (SSSR count). The van der Waals surface area contributed by atoms with E-state index < -0.39 is 0 Å². The van der Waals surface area contributed by atoms with Crippen molar-refractivity contribution in [3.05, 3.63) is 82.9 Å². The lowest BCUT2D eigenvalue weighted by atomic mass is 9.69. The Balaban J connectivity index is 0.00000131. The maximum Gasteiger partial charge on any atom is 0.111 e. The lowest BCUT2D eigenvalue weighted by Gasteiger charge is -2.36. The number of aliphatic hydroxyl groups is 1. The average Bonchev–Trinajstić information content (AvgIpc) is 2.70. The molecule has 0 amide bonds. The molecular weight excluding hydrogens is 378 g/mol. The maximum atomic E-state index is 9.67. The molecule has 0 spiro atoms. The van der Waals surface area contributed by atoms with Crippen molar-refractivity contribution < 1.29 is 5.11 Å². The number of hydrogen-bond donors (Lipinski definition) is 1. The predicted molar refractivity (Wildman–Crippen MR) is 141 cm³/mol. The van der Waals surface area contributed by atoms with E-state index in [1.54, 1.807) is 18.5 Å². The summed E-state index contributed by atoms with van der Waals surface area (Å²) in [5.74, 6) is 1.02. The van der Waals surface area contributed by atoms with Crippen LogP contribution in [0.25, 0.3) is 0 Å². The van der Waals surface area contributed by atoms with Gasteiger partial charge in [0.15, 0.2) is 0 Å². The highest BCUT2D eigenvalue weighted by Gasteiger charge is 2.29. The molecule has 1 atom stereocenters. The Morgan fingerprint density at radius 3 is 2.39 bits per heavy atom. The summed E-state index contributed by atoms with van der Waals surface area (Å²) in [4.78, 5) is 3.78. The van der Waals surface area contributed by atoms with Crippen molar-refractivity contribution in [1.82, 2.24) is 0 Å². The van der Waals surface area contributed by atoms with E-state index in [-0.39, 0.29) is 5.41 Å². The van der Waals surface area contributed by atoms with Crippen LogP contribution in [0.1, 0.15) is 81.6 Å². The van der Waals surface area contributed by atoms with Crippen LogP contribution in [0.3, 0.4) is 0 Å². The van der Waals surface area contributed by atoms with Crippen molar-refractivity contribution in [2.24, 2.45) is 16.3 Å². The van der Waals surface area contributed by atoms with Gasteiger partial charge in [-0.25, -0.2) is 0 Å². The van der Waals surface area contributed by atoms with Crippen molar-refractivity contribution in [2.45, 2.75) is 81.6 Å². The first kappa shape index (κ1) is 28.6. The SMILES string of the molecule is CC=N/C=C\C.CCC=C(O)/C=C(C)/C=C/C=C(C)/C=C/C1=C(C)C(C)CCC1(C)C. The Hall–Kier alpha value is -2.35. The minimum atomic E-state index is 0.270. The van der Waals surface area contributed by atoms with Gasteiger partial charge in [0, 0.05) is 12.4 Å². The Morgan fingerprint density at radius 1 is 1.16 bits per heavy atom. The molecule has 31 heavy (non-hydrogen) atoms. The summed E-state index contributed by atoms with van der Waals surface area (Å²) in [5, 5.41) is 9.67. The van der Waals surface area contributed by atoms with Crippen LogP contribution in [0.4, 0.5) is 0 Å². The monoisotopic (exact) mass is 423 g/mol. The van der Waals surface area contributed by atoms with Crippen LogP contribution in [0.2, 0.25) is 0 Å². The smallest absolute Gasteiger partial charge is 0.111 e. The standard InChI is InChI=1S/C24H36O.C5H9N/c1-8-10-22(25)17-19(3)12-9-11-18(2)13-14-23-21(5)20(4)15-16-24(23,6)7;1-3-5-6-4-2/h9-14,17,20,25H,8,15-16H2,1-7H3;3-5H,1-2H3/b12-9+,14-13+,18-11+,19-17+,22-10?;5-3-,6-4?. The zero-order chi connectivity index (χ0) is 23.9. The van der Waals surface area contributed by atoms with Gasteiger partial charge in [0.25, 0.3) is 0 Å². The van der Waals surface area contributed by atoms with Crippen LogP contribution in [-0.2, 0) is 0 Å². The van der Waals surface area contributed by atoms with Gasteiger partial charge >= 0.3 is 0 Å².